The molecule has 1 fully saturated rings. The highest BCUT2D eigenvalue weighted by Gasteiger charge is 2.42. The summed E-state index contributed by atoms with van der Waals surface area (Å²) in [5.74, 6) is -5.18. The predicted octanol–water partition coefficient (Wildman–Crippen LogP) is -1.71. The van der Waals surface area contributed by atoms with Crippen LogP contribution in [0.2, 0.25) is 0 Å². The standard InChI is InChI=1S/C17H28N4O7/c1-9(19)16(26)20-11(7-14(23)24)15(25)10-6-13(22)21(8-10)12(17(27)28)4-2-3-5-18/h9-12H,2-8,18-19H2,1H3,(H,20,26)(H,23,24)(H,27,28)/t9-,10-,11-,12-/m0/s1. The minimum absolute atomic E-state index is 0.137. The molecule has 0 saturated carbocycles. The monoisotopic (exact) mass is 400 g/mol. The molecule has 0 bridgehead atoms. The summed E-state index contributed by atoms with van der Waals surface area (Å²) in [6, 6.07) is -3.35. The van der Waals surface area contributed by atoms with Crippen molar-refractivity contribution in [3.05, 3.63) is 0 Å². The van der Waals surface area contributed by atoms with Gasteiger partial charge in [-0.15, -0.1) is 0 Å². The molecule has 7 N–H and O–H groups in total. The van der Waals surface area contributed by atoms with Gasteiger partial charge in [0.25, 0.3) is 0 Å². The molecule has 158 valence electrons. The van der Waals surface area contributed by atoms with E-state index in [9.17, 15) is 29.1 Å². The number of carboxylic acid groups (broad SMARTS) is 2. The van der Waals surface area contributed by atoms with E-state index in [2.05, 4.69) is 5.32 Å². The number of carboxylic acids is 2. The van der Waals surface area contributed by atoms with E-state index in [0.29, 0.717) is 19.4 Å². The Labute approximate surface area is 162 Å². The molecule has 0 aromatic carbocycles. The topological polar surface area (TPSA) is 193 Å². The molecule has 0 unspecified atom stereocenters. The maximum atomic E-state index is 12.7. The third kappa shape index (κ3) is 6.57. The molecular formula is C17H28N4O7. The summed E-state index contributed by atoms with van der Waals surface area (Å²) in [7, 11) is 0. The average molecular weight is 400 g/mol. The lowest BCUT2D eigenvalue weighted by Gasteiger charge is -2.25. The number of carbonyl (C=O) groups excluding carboxylic acids is 3. The highest BCUT2D eigenvalue weighted by Crippen LogP contribution is 2.25. The van der Waals surface area contributed by atoms with Crippen LogP contribution in [0.4, 0.5) is 0 Å². The first-order chi connectivity index (χ1) is 13.1. The Morgan fingerprint density at radius 3 is 2.39 bits per heavy atom. The summed E-state index contributed by atoms with van der Waals surface area (Å²) in [6.07, 6.45) is 0.448. The lowest BCUT2D eigenvalue weighted by molar-refractivity contribution is -0.148. The van der Waals surface area contributed by atoms with Gasteiger partial charge >= 0.3 is 11.9 Å². The van der Waals surface area contributed by atoms with Gasteiger partial charge in [-0.25, -0.2) is 4.79 Å². The van der Waals surface area contributed by atoms with Crippen LogP contribution < -0.4 is 16.8 Å². The third-order valence-electron chi connectivity index (χ3n) is 4.61. The van der Waals surface area contributed by atoms with Crippen molar-refractivity contribution < 1.29 is 34.2 Å². The van der Waals surface area contributed by atoms with Crippen molar-refractivity contribution >= 4 is 29.5 Å². The summed E-state index contributed by atoms with van der Waals surface area (Å²) < 4.78 is 0. The number of ketones is 1. The van der Waals surface area contributed by atoms with Crippen LogP contribution in [-0.4, -0.2) is 75.9 Å². The van der Waals surface area contributed by atoms with Crippen LogP contribution in [0.15, 0.2) is 0 Å². The Morgan fingerprint density at radius 1 is 1.25 bits per heavy atom. The number of Topliss-reactive ketones (excluding diaryl/α,β-unsaturated/α-hetero) is 1. The summed E-state index contributed by atoms with van der Waals surface area (Å²) in [5.41, 5.74) is 10.8. The summed E-state index contributed by atoms with van der Waals surface area (Å²) in [4.78, 5) is 60.5. The normalized spacial score (nSPS) is 19.8. The molecule has 1 saturated heterocycles. The number of aliphatic carboxylic acids is 2. The van der Waals surface area contributed by atoms with Crippen molar-refractivity contribution in [3.63, 3.8) is 0 Å². The predicted molar refractivity (Wildman–Crippen MR) is 97.0 cm³/mol. The second-order valence-corrected chi connectivity index (χ2v) is 6.94. The zero-order chi connectivity index (χ0) is 21.4. The van der Waals surface area contributed by atoms with Gasteiger partial charge < -0.3 is 31.9 Å². The minimum atomic E-state index is -1.34. The van der Waals surface area contributed by atoms with Gasteiger partial charge in [0.15, 0.2) is 5.78 Å². The fraction of sp³-hybridized carbons (Fsp3) is 0.706. The molecule has 2 amide bonds. The summed E-state index contributed by atoms with van der Waals surface area (Å²) in [5, 5.41) is 20.7. The van der Waals surface area contributed by atoms with E-state index < -0.39 is 60.0 Å². The van der Waals surface area contributed by atoms with Gasteiger partial charge in [-0.05, 0) is 32.7 Å². The molecule has 1 aliphatic rings. The van der Waals surface area contributed by atoms with Crippen molar-refractivity contribution in [2.45, 2.75) is 57.2 Å². The lowest BCUT2D eigenvalue weighted by Crippen LogP contribution is -2.50. The largest absolute Gasteiger partial charge is 0.481 e. The van der Waals surface area contributed by atoms with Gasteiger partial charge in [-0.2, -0.15) is 0 Å². The quantitative estimate of drug-likeness (QED) is 0.237. The van der Waals surface area contributed by atoms with Crippen molar-refractivity contribution in [2.24, 2.45) is 17.4 Å². The smallest absolute Gasteiger partial charge is 0.326 e. The molecule has 0 radical (unpaired) electrons. The first-order valence-electron chi connectivity index (χ1n) is 9.12. The first-order valence-corrected chi connectivity index (χ1v) is 9.12. The Morgan fingerprint density at radius 2 is 1.89 bits per heavy atom. The number of rotatable bonds is 12. The zero-order valence-electron chi connectivity index (χ0n) is 15.8. The molecule has 1 rings (SSSR count). The van der Waals surface area contributed by atoms with Gasteiger partial charge in [0.2, 0.25) is 11.8 Å². The van der Waals surface area contributed by atoms with E-state index in [4.69, 9.17) is 16.6 Å². The first kappa shape index (κ1) is 23.5. The maximum absolute atomic E-state index is 12.7. The summed E-state index contributed by atoms with van der Waals surface area (Å²) in [6.45, 7) is 1.65. The lowest BCUT2D eigenvalue weighted by atomic mass is 9.94. The van der Waals surface area contributed by atoms with Crippen molar-refractivity contribution in [2.75, 3.05) is 13.1 Å². The molecule has 1 heterocycles. The van der Waals surface area contributed by atoms with Crippen molar-refractivity contribution in [3.8, 4) is 0 Å². The number of nitrogens with zero attached hydrogens (tertiary/aromatic N) is 1. The molecule has 0 aromatic heterocycles. The average Bonchev–Trinajstić information content (AvgIpc) is 2.98. The Kier molecular flexibility index (Phi) is 9.00. The Hall–Kier alpha value is -2.53. The van der Waals surface area contributed by atoms with E-state index in [1.165, 1.54) is 6.92 Å². The van der Waals surface area contributed by atoms with Crippen LogP contribution in [0.25, 0.3) is 0 Å². The highest BCUT2D eigenvalue weighted by atomic mass is 16.4. The number of unbranched alkanes of at least 4 members (excludes halogenated alkanes) is 1. The molecule has 1 aliphatic heterocycles. The molecule has 11 heteroatoms. The van der Waals surface area contributed by atoms with Gasteiger partial charge in [0.05, 0.1) is 18.5 Å². The number of hydrogen-bond acceptors (Lipinski definition) is 7. The van der Waals surface area contributed by atoms with Crippen LogP contribution in [0.5, 0.6) is 0 Å². The number of hydrogen-bond donors (Lipinski definition) is 5. The molecule has 4 atom stereocenters. The zero-order valence-corrected chi connectivity index (χ0v) is 15.8. The van der Waals surface area contributed by atoms with Crippen LogP contribution in [0.3, 0.4) is 0 Å². The van der Waals surface area contributed by atoms with Gasteiger partial charge in [0, 0.05) is 18.9 Å². The second-order valence-electron chi connectivity index (χ2n) is 6.94. The van der Waals surface area contributed by atoms with Crippen LogP contribution >= 0.6 is 0 Å². The summed E-state index contributed by atoms with van der Waals surface area (Å²) >= 11 is 0. The molecule has 0 aromatic rings. The van der Waals surface area contributed by atoms with Crippen LogP contribution in [0, 0.1) is 5.92 Å². The molecule has 0 aliphatic carbocycles. The fourth-order valence-corrected chi connectivity index (χ4v) is 3.10. The number of amides is 2. The van der Waals surface area contributed by atoms with Crippen molar-refractivity contribution in [1.82, 2.24) is 10.2 Å². The molecule has 11 nitrogen and oxygen atoms in total. The molecule has 0 spiro atoms. The van der Waals surface area contributed by atoms with Crippen molar-refractivity contribution in [1.29, 1.82) is 0 Å². The minimum Gasteiger partial charge on any atom is -0.481 e. The fourth-order valence-electron chi connectivity index (χ4n) is 3.10. The van der Waals surface area contributed by atoms with Gasteiger partial charge in [-0.3, -0.25) is 19.2 Å². The highest BCUT2D eigenvalue weighted by molar-refractivity contribution is 5.98. The van der Waals surface area contributed by atoms with Crippen LogP contribution in [0.1, 0.15) is 39.0 Å². The number of nitrogens with one attached hydrogen (secondary N) is 1. The number of likely N-dealkylation sites (tertiary alicyclic amines) is 1. The van der Waals surface area contributed by atoms with E-state index in [-0.39, 0.29) is 19.4 Å². The Balaban J connectivity index is 2.89. The van der Waals surface area contributed by atoms with E-state index >= 15 is 0 Å². The number of nitrogens with two attached hydrogens (primary N) is 2. The maximum Gasteiger partial charge on any atom is 0.326 e. The number of carbonyl (C=O) groups is 5. The van der Waals surface area contributed by atoms with Gasteiger partial charge in [-0.1, -0.05) is 0 Å². The third-order valence-corrected chi connectivity index (χ3v) is 4.61. The Bertz CT molecular complexity index is 623. The van der Waals surface area contributed by atoms with E-state index in [1.807, 2.05) is 0 Å². The second kappa shape index (κ2) is 10.7. The molecular weight excluding hydrogens is 372 g/mol. The molecule has 28 heavy (non-hydrogen) atoms. The SMILES string of the molecule is C[C@H](N)C(=O)N[C@@H](CC(=O)O)C(=O)[C@H]1CC(=O)N([C@@H](CCCCN)C(=O)O)C1. The van der Waals surface area contributed by atoms with E-state index in [0.717, 1.165) is 4.90 Å². The van der Waals surface area contributed by atoms with Gasteiger partial charge in [0.1, 0.15) is 6.04 Å². The van der Waals surface area contributed by atoms with Crippen LogP contribution in [-0.2, 0) is 24.0 Å². The van der Waals surface area contributed by atoms with E-state index in [1.54, 1.807) is 0 Å².